The number of carboxylic acids is 1. The molecule has 2 rings (SSSR count). The number of anilines is 1. The maximum absolute atomic E-state index is 12.4. The van der Waals surface area contributed by atoms with Crippen LogP contribution in [0.2, 0.25) is 0 Å². The van der Waals surface area contributed by atoms with E-state index < -0.39 is 11.2 Å². The fraction of sp³-hybridized carbons (Fsp3) is 0.222. The lowest BCUT2D eigenvalue weighted by Crippen LogP contribution is -2.28. The van der Waals surface area contributed by atoms with Crippen LogP contribution in [0.4, 0.5) is 5.69 Å². The number of nitrogens with one attached hydrogen (secondary N) is 1. The Morgan fingerprint density at radius 1 is 1.13 bits per heavy atom. The fourth-order valence-corrected chi connectivity index (χ4v) is 2.50. The summed E-state index contributed by atoms with van der Waals surface area (Å²) in [7, 11) is 0. The Morgan fingerprint density at radius 3 is 2.39 bits per heavy atom. The van der Waals surface area contributed by atoms with E-state index >= 15 is 0 Å². The van der Waals surface area contributed by atoms with Crippen molar-refractivity contribution in [3.63, 3.8) is 0 Å². The maximum Gasteiger partial charge on any atom is 0.335 e. The van der Waals surface area contributed by atoms with Crippen LogP contribution in [0, 0.1) is 6.92 Å². The molecular formula is C18H19NO3S. The van der Waals surface area contributed by atoms with Crippen molar-refractivity contribution in [2.24, 2.45) is 0 Å². The van der Waals surface area contributed by atoms with Gasteiger partial charge < -0.3 is 10.4 Å². The summed E-state index contributed by atoms with van der Waals surface area (Å²) in [6.45, 7) is 3.75. The Kier molecular flexibility index (Phi) is 5.45. The van der Waals surface area contributed by atoms with Gasteiger partial charge in [0, 0.05) is 11.6 Å². The van der Waals surface area contributed by atoms with Gasteiger partial charge in [0.25, 0.3) is 0 Å². The third-order valence-corrected chi connectivity index (χ3v) is 4.49. The predicted molar refractivity (Wildman–Crippen MR) is 94.4 cm³/mol. The van der Waals surface area contributed by atoms with Crippen LogP contribution in [0.5, 0.6) is 0 Å². The molecule has 5 heteroatoms. The average molecular weight is 329 g/mol. The second-order valence-corrected chi connectivity index (χ2v) is 6.02. The average Bonchev–Trinajstić information content (AvgIpc) is 2.56. The molecule has 2 N–H and O–H groups in total. The molecule has 2 aromatic carbocycles. The van der Waals surface area contributed by atoms with Crippen molar-refractivity contribution in [3.8, 4) is 0 Å². The Balaban J connectivity index is 2.15. The van der Waals surface area contributed by atoms with Crippen LogP contribution in [-0.2, 0) is 4.79 Å². The minimum Gasteiger partial charge on any atom is -0.478 e. The summed E-state index contributed by atoms with van der Waals surface area (Å²) in [6, 6.07) is 14.3. The first-order valence-electron chi connectivity index (χ1n) is 7.28. The zero-order chi connectivity index (χ0) is 17.0. The predicted octanol–water partition coefficient (Wildman–Crippen LogP) is 3.73. The molecule has 0 radical (unpaired) electrons. The van der Waals surface area contributed by atoms with Gasteiger partial charge in [-0.3, -0.25) is 4.79 Å². The van der Waals surface area contributed by atoms with E-state index in [0.29, 0.717) is 5.69 Å². The summed E-state index contributed by atoms with van der Waals surface area (Å²) < 4.78 is 0. The summed E-state index contributed by atoms with van der Waals surface area (Å²) in [5.41, 5.74) is 2.46. The second-order valence-electron chi connectivity index (χ2n) is 5.47. The molecule has 0 spiro atoms. The topological polar surface area (TPSA) is 66.4 Å². The number of carbonyl (C=O) groups excluding carboxylic acids is 1. The van der Waals surface area contributed by atoms with Gasteiger partial charge in [-0.2, -0.15) is 12.6 Å². The summed E-state index contributed by atoms with van der Waals surface area (Å²) in [4.78, 5) is 23.5. The lowest BCUT2D eigenvalue weighted by molar-refractivity contribution is -0.116. The number of benzene rings is 2. The highest BCUT2D eigenvalue weighted by Gasteiger charge is 2.23. The first kappa shape index (κ1) is 17.1. The standard InChI is InChI=1S/C18H19NO3S/c1-11-8-9-14(18(21)22)10-15(11)19-17(20)16(23)12(2)13-6-4-3-5-7-13/h3-10,12,16,23H,1-2H3,(H,19,20)(H,21,22). The van der Waals surface area contributed by atoms with Gasteiger partial charge in [0.2, 0.25) is 5.91 Å². The molecule has 2 atom stereocenters. The fourth-order valence-electron chi connectivity index (χ4n) is 2.26. The van der Waals surface area contributed by atoms with Gasteiger partial charge in [-0.15, -0.1) is 0 Å². The highest BCUT2D eigenvalue weighted by molar-refractivity contribution is 7.81. The minimum atomic E-state index is -1.03. The number of hydrogen-bond acceptors (Lipinski definition) is 3. The van der Waals surface area contributed by atoms with Crippen LogP contribution < -0.4 is 5.32 Å². The van der Waals surface area contributed by atoms with Crippen molar-refractivity contribution in [1.29, 1.82) is 0 Å². The quantitative estimate of drug-likeness (QED) is 0.732. The molecule has 0 aromatic heterocycles. The SMILES string of the molecule is Cc1ccc(C(=O)O)cc1NC(=O)C(S)C(C)c1ccccc1. The van der Waals surface area contributed by atoms with Gasteiger partial charge in [0.05, 0.1) is 10.8 Å². The van der Waals surface area contributed by atoms with Gasteiger partial charge in [0.1, 0.15) is 0 Å². The molecule has 2 aromatic rings. The monoisotopic (exact) mass is 329 g/mol. The minimum absolute atomic E-state index is 0.0671. The Labute approximate surface area is 141 Å². The summed E-state index contributed by atoms with van der Waals surface area (Å²) in [5, 5.41) is 11.3. The molecule has 0 aliphatic heterocycles. The highest BCUT2D eigenvalue weighted by Crippen LogP contribution is 2.25. The Bertz CT molecular complexity index is 715. The van der Waals surface area contributed by atoms with E-state index in [1.807, 2.05) is 44.2 Å². The van der Waals surface area contributed by atoms with Gasteiger partial charge in [-0.05, 0) is 30.2 Å². The molecule has 0 saturated carbocycles. The lowest BCUT2D eigenvalue weighted by atomic mass is 9.97. The van der Waals surface area contributed by atoms with Gasteiger partial charge in [-0.1, -0.05) is 43.3 Å². The first-order chi connectivity index (χ1) is 10.9. The maximum atomic E-state index is 12.4. The van der Waals surface area contributed by atoms with Crippen molar-refractivity contribution in [2.45, 2.75) is 25.0 Å². The third kappa shape index (κ3) is 4.13. The van der Waals surface area contributed by atoms with Gasteiger partial charge >= 0.3 is 5.97 Å². The Morgan fingerprint density at radius 2 is 1.78 bits per heavy atom. The molecule has 23 heavy (non-hydrogen) atoms. The molecule has 1 amide bonds. The number of rotatable bonds is 5. The molecule has 0 fully saturated rings. The number of amides is 1. The van der Waals surface area contributed by atoms with Gasteiger partial charge in [0.15, 0.2) is 0 Å². The van der Waals surface area contributed by atoms with Crippen LogP contribution >= 0.6 is 12.6 Å². The van der Waals surface area contributed by atoms with Crippen molar-refractivity contribution in [3.05, 3.63) is 65.2 Å². The van der Waals surface area contributed by atoms with Crippen molar-refractivity contribution in [2.75, 3.05) is 5.32 Å². The molecular weight excluding hydrogens is 310 g/mol. The van der Waals surface area contributed by atoms with Crippen LogP contribution in [0.15, 0.2) is 48.5 Å². The zero-order valence-corrected chi connectivity index (χ0v) is 13.9. The van der Waals surface area contributed by atoms with Crippen LogP contribution in [-0.4, -0.2) is 22.2 Å². The van der Waals surface area contributed by atoms with E-state index in [-0.39, 0.29) is 17.4 Å². The summed E-state index contributed by atoms with van der Waals surface area (Å²) in [6.07, 6.45) is 0. The Hall–Kier alpha value is -2.27. The normalized spacial score (nSPS) is 13.2. The molecule has 4 nitrogen and oxygen atoms in total. The number of aromatic carboxylic acids is 1. The second kappa shape index (κ2) is 7.33. The largest absolute Gasteiger partial charge is 0.478 e. The van der Waals surface area contributed by atoms with Crippen LogP contribution in [0.1, 0.15) is 34.3 Å². The first-order valence-corrected chi connectivity index (χ1v) is 7.79. The summed E-state index contributed by atoms with van der Waals surface area (Å²) >= 11 is 4.43. The van der Waals surface area contributed by atoms with Crippen molar-refractivity contribution < 1.29 is 14.7 Å². The highest BCUT2D eigenvalue weighted by atomic mass is 32.1. The van der Waals surface area contributed by atoms with Gasteiger partial charge in [-0.25, -0.2) is 4.79 Å². The van der Waals surface area contributed by atoms with E-state index in [2.05, 4.69) is 17.9 Å². The molecule has 0 saturated heterocycles. The third-order valence-electron chi connectivity index (χ3n) is 3.81. The van der Waals surface area contributed by atoms with Crippen molar-refractivity contribution in [1.82, 2.24) is 0 Å². The number of carboxylic acid groups (broad SMARTS) is 1. The molecule has 0 aliphatic carbocycles. The number of carbonyl (C=O) groups is 2. The van der Waals surface area contributed by atoms with Crippen molar-refractivity contribution >= 4 is 30.2 Å². The van der Waals surface area contributed by atoms with E-state index in [1.165, 1.54) is 12.1 Å². The smallest absolute Gasteiger partial charge is 0.335 e. The molecule has 2 unspecified atom stereocenters. The molecule has 120 valence electrons. The van der Waals surface area contributed by atoms with Crippen LogP contribution in [0.25, 0.3) is 0 Å². The zero-order valence-electron chi connectivity index (χ0n) is 13.0. The molecule has 0 aliphatic rings. The van der Waals surface area contributed by atoms with E-state index in [9.17, 15) is 9.59 Å². The number of hydrogen-bond donors (Lipinski definition) is 3. The number of thiol groups is 1. The lowest BCUT2D eigenvalue weighted by Gasteiger charge is -2.20. The molecule has 0 bridgehead atoms. The van der Waals surface area contributed by atoms with E-state index in [4.69, 9.17) is 5.11 Å². The molecule has 0 heterocycles. The van der Waals surface area contributed by atoms with E-state index in [0.717, 1.165) is 11.1 Å². The number of aryl methyl sites for hydroxylation is 1. The van der Waals surface area contributed by atoms with Crippen LogP contribution in [0.3, 0.4) is 0 Å². The summed E-state index contributed by atoms with van der Waals surface area (Å²) in [5.74, 6) is -1.35. The van der Waals surface area contributed by atoms with E-state index in [1.54, 1.807) is 6.07 Å².